The van der Waals surface area contributed by atoms with Crippen LogP contribution in [0.4, 0.5) is 0 Å². The van der Waals surface area contributed by atoms with Crippen molar-refractivity contribution in [2.45, 2.75) is 63.4 Å². The molecule has 4 nitrogen and oxygen atoms in total. The van der Waals surface area contributed by atoms with Crippen LogP contribution in [0.25, 0.3) is 0 Å². The molecular formula is C25H30Cl2N2O2S. The lowest BCUT2D eigenvalue weighted by Crippen LogP contribution is -2.49. The summed E-state index contributed by atoms with van der Waals surface area (Å²) in [5.41, 5.74) is 1.90. The van der Waals surface area contributed by atoms with Crippen molar-refractivity contribution in [3.8, 4) is 0 Å². The summed E-state index contributed by atoms with van der Waals surface area (Å²) in [6, 6.07) is 15.1. The van der Waals surface area contributed by atoms with Gasteiger partial charge in [0, 0.05) is 46.1 Å². The fourth-order valence-corrected chi connectivity index (χ4v) is 5.30. The van der Waals surface area contributed by atoms with Gasteiger partial charge >= 0.3 is 0 Å². The maximum Gasteiger partial charge on any atom is 0.242 e. The standard InChI is InChI=1S/C25H30Cl2N2O2S/c1-18(25(31)28-20-10-5-6-11-20)29(16-21-22(26)12-7-13-23(21)27)24(30)14-15-32-17-19-8-3-2-4-9-19/h2-4,7-9,12-13,18,20H,5-6,10-11,14-17H2,1H3,(H,28,31)/t18-/m0/s1. The van der Waals surface area contributed by atoms with Gasteiger partial charge in [0.1, 0.15) is 6.04 Å². The first-order chi connectivity index (χ1) is 15.5. The predicted molar refractivity (Wildman–Crippen MR) is 134 cm³/mol. The number of thioether (sulfide) groups is 1. The van der Waals surface area contributed by atoms with Crippen LogP contribution in [-0.2, 0) is 21.9 Å². The van der Waals surface area contributed by atoms with Gasteiger partial charge in [-0.1, -0.05) is 72.4 Å². The molecule has 1 aliphatic rings. The Kier molecular flexibility index (Phi) is 9.76. The number of nitrogens with zero attached hydrogens (tertiary/aromatic N) is 1. The molecule has 1 aliphatic carbocycles. The molecule has 3 rings (SSSR count). The van der Waals surface area contributed by atoms with Crippen LogP contribution in [0.15, 0.2) is 48.5 Å². The summed E-state index contributed by atoms with van der Waals surface area (Å²) in [5.74, 6) is 1.33. The van der Waals surface area contributed by atoms with E-state index in [2.05, 4.69) is 17.4 Å². The Morgan fingerprint density at radius 1 is 1.06 bits per heavy atom. The molecule has 0 heterocycles. The molecule has 0 saturated heterocycles. The number of carbonyl (C=O) groups is 2. The minimum absolute atomic E-state index is 0.0735. The molecule has 2 amide bonds. The predicted octanol–water partition coefficient (Wildman–Crippen LogP) is 6.09. The molecule has 1 saturated carbocycles. The molecule has 0 radical (unpaired) electrons. The van der Waals surface area contributed by atoms with E-state index in [1.807, 2.05) is 18.2 Å². The first-order valence-electron chi connectivity index (χ1n) is 11.1. The quantitative estimate of drug-likeness (QED) is 0.408. The van der Waals surface area contributed by atoms with Crippen LogP contribution in [0.5, 0.6) is 0 Å². The van der Waals surface area contributed by atoms with Gasteiger partial charge in [0.25, 0.3) is 0 Å². The second kappa shape index (κ2) is 12.5. The Balaban J connectivity index is 1.65. The smallest absolute Gasteiger partial charge is 0.242 e. The van der Waals surface area contributed by atoms with Crippen molar-refractivity contribution >= 4 is 46.8 Å². The molecule has 0 spiro atoms. The van der Waals surface area contributed by atoms with Crippen molar-refractivity contribution in [1.29, 1.82) is 0 Å². The van der Waals surface area contributed by atoms with Crippen LogP contribution in [0.2, 0.25) is 10.0 Å². The summed E-state index contributed by atoms with van der Waals surface area (Å²) in [5, 5.41) is 4.11. The Morgan fingerprint density at radius 2 is 1.72 bits per heavy atom. The van der Waals surface area contributed by atoms with Crippen LogP contribution in [-0.4, -0.2) is 34.6 Å². The van der Waals surface area contributed by atoms with E-state index in [-0.39, 0.29) is 24.4 Å². The van der Waals surface area contributed by atoms with E-state index >= 15 is 0 Å². The van der Waals surface area contributed by atoms with Gasteiger partial charge < -0.3 is 10.2 Å². The Bertz CT molecular complexity index is 884. The molecule has 1 atom stereocenters. The number of benzene rings is 2. The Morgan fingerprint density at radius 3 is 2.38 bits per heavy atom. The van der Waals surface area contributed by atoms with Crippen molar-refractivity contribution in [3.63, 3.8) is 0 Å². The average Bonchev–Trinajstić information content (AvgIpc) is 3.30. The van der Waals surface area contributed by atoms with Gasteiger partial charge in [-0.2, -0.15) is 11.8 Å². The summed E-state index contributed by atoms with van der Waals surface area (Å²) in [6.45, 7) is 1.99. The first kappa shape index (κ1) is 24.9. The van der Waals surface area contributed by atoms with E-state index in [4.69, 9.17) is 23.2 Å². The van der Waals surface area contributed by atoms with Crippen molar-refractivity contribution in [1.82, 2.24) is 10.2 Å². The van der Waals surface area contributed by atoms with Gasteiger partial charge in [-0.05, 0) is 37.5 Å². The lowest BCUT2D eigenvalue weighted by molar-refractivity contribution is -0.140. The number of nitrogens with one attached hydrogen (secondary N) is 1. The van der Waals surface area contributed by atoms with E-state index in [1.165, 1.54) is 5.56 Å². The maximum absolute atomic E-state index is 13.2. The summed E-state index contributed by atoms with van der Waals surface area (Å²) < 4.78 is 0. The molecular weight excluding hydrogens is 463 g/mol. The Hall–Kier alpha value is -1.69. The van der Waals surface area contributed by atoms with Crippen LogP contribution < -0.4 is 5.32 Å². The number of halogens is 2. The molecule has 0 bridgehead atoms. The summed E-state index contributed by atoms with van der Waals surface area (Å²) >= 11 is 14.4. The first-order valence-corrected chi connectivity index (χ1v) is 13.0. The second-order valence-corrected chi connectivity index (χ2v) is 10.1. The zero-order valence-corrected chi connectivity index (χ0v) is 20.7. The molecule has 2 aromatic carbocycles. The zero-order chi connectivity index (χ0) is 22.9. The van der Waals surface area contributed by atoms with E-state index < -0.39 is 6.04 Å². The average molecular weight is 494 g/mol. The highest BCUT2D eigenvalue weighted by Crippen LogP contribution is 2.27. The summed E-state index contributed by atoms with van der Waals surface area (Å²) in [4.78, 5) is 27.8. The van der Waals surface area contributed by atoms with E-state index in [0.717, 1.165) is 31.4 Å². The highest BCUT2D eigenvalue weighted by atomic mass is 35.5. The van der Waals surface area contributed by atoms with E-state index in [1.54, 1.807) is 41.8 Å². The monoisotopic (exact) mass is 492 g/mol. The number of hydrogen-bond donors (Lipinski definition) is 1. The number of hydrogen-bond acceptors (Lipinski definition) is 3. The summed E-state index contributed by atoms with van der Waals surface area (Å²) in [6.07, 6.45) is 4.62. The molecule has 7 heteroatoms. The number of rotatable bonds is 10. The van der Waals surface area contributed by atoms with Crippen LogP contribution in [0, 0.1) is 0 Å². The molecule has 172 valence electrons. The fraction of sp³-hybridized carbons (Fsp3) is 0.440. The fourth-order valence-electron chi connectivity index (χ4n) is 3.90. The van der Waals surface area contributed by atoms with Gasteiger partial charge in [0.15, 0.2) is 0 Å². The third kappa shape index (κ3) is 7.16. The largest absolute Gasteiger partial charge is 0.352 e. The lowest BCUT2D eigenvalue weighted by atomic mass is 10.1. The highest BCUT2D eigenvalue weighted by Gasteiger charge is 2.29. The van der Waals surface area contributed by atoms with Crippen molar-refractivity contribution < 1.29 is 9.59 Å². The van der Waals surface area contributed by atoms with Crippen molar-refractivity contribution in [3.05, 3.63) is 69.7 Å². The van der Waals surface area contributed by atoms with Gasteiger partial charge in [-0.3, -0.25) is 9.59 Å². The third-order valence-corrected chi connectivity index (χ3v) is 7.57. The minimum atomic E-state index is -0.602. The Labute approximate surface area is 205 Å². The van der Waals surface area contributed by atoms with Crippen molar-refractivity contribution in [2.24, 2.45) is 0 Å². The minimum Gasteiger partial charge on any atom is -0.352 e. The van der Waals surface area contributed by atoms with E-state index in [9.17, 15) is 9.59 Å². The van der Waals surface area contributed by atoms with Crippen molar-refractivity contribution in [2.75, 3.05) is 5.75 Å². The molecule has 0 aliphatic heterocycles. The van der Waals surface area contributed by atoms with Crippen LogP contribution in [0.3, 0.4) is 0 Å². The van der Waals surface area contributed by atoms with E-state index in [0.29, 0.717) is 27.8 Å². The maximum atomic E-state index is 13.2. The van der Waals surface area contributed by atoms with Gasteiger partial charge in [0.2, 0.25) is 11.8 Å². The molecule has 32 heavy (non-hydrogen) atoms. The van der Waals surface area contributed by atoms with Crippen LogP contribution in [0.1, 0.15) is 50.2 Å². The topological polar surface area (TPSA) is 49.4 Å². The molecule has 0 unspecified atom stereocenters. The molecule has 0 aromatic heterocycles. The highest BCUT2D eigenvalue weighted by molar-refractivity contribution is 7.98. The SMILES string of the molecule is C[C@@H](C(=O)NC1CCCC1)N(Cc1c(Cl)cccc1Cl)C(=O)CCSCc1ccccc1. The van der Waals surface area contributed by atoms with Crippen LogP contribution >= 0.6 is 35.0 Å². The van der Waals surface area contributed by atoms with Gasteiger partial charge in [-0.15, -0.1) is 0 Å². The summed E-state index contributed by atoms with van der Waals surface area (Å²) in [7, 11) is 0. The lowest BCUT2D eigenvalue weighted by Gasteiger charge is -2.30. The molecule has 1 fully saturated rings. The van der Waals surface area contributed by atoms with Gasteiger partial charge in [0.05, 0.1) is 0 Å². The number of carbonyl (C=O) groups excluding carboxylic acids is 2. The molecule has 1 N–H and O–H groups in total. The normalized spacial score (nSPS) is 14.8. The number of amides is 2. The zero-order valence-electron chi connectivity index (χ0n) is 18.4. The third-order valence-electron chi connectivity index (χ3n) is 5.83. The van der Waals surface area contributed by atoms with Gasteiger partial charge in [-0.25, -0.2) is 0 Å². The molecule has 2 aromatic rings. The second-order valence-electron chi connectivity index (χ2n) is 8.18.